The van der Waals surface area contributed by atoms with Crippen molar-refractivity contribution in [2.45, 2.75) is 6.17 Å². The quantitative estimate of drug-likeness (QED) is 0.192. The number of aliphatic imine (C=N–C) groups is 2. The minimum Gasteiger partial charge on any atom is -0.344 e. The Morgan fingerprint density at radius 3 is 1.87 bits per heavy atom. The lowest BCUT2D eigenvalue weighted by Gasteiger charge is -2.24. The predicted molar refractivity (Wildman–Crippen MR) is 194 cm³/mol. The van der Waals surface area contributed by atoms with Crippen LogP contribution in [0.4, 0.5) is 0 Å². The maximum atomic E-state index is 5.08. The van der Waals surface area contributed by atoms with E-state index in [9.17, 15) is 0 Å². The van der Waals surface area contributed by atoms with Crippen LogP contribution in [-0.4, -0.2) is 21.6 Å². The van der Waals surface area contributed by atoms with Crippen molar-refractivity contribution < 1.29 is 0 Å². The number of imidazole rings is 1. The number of rotatable bonds is 5. The topological polar surface area (TPSA) is 65.4 Å². The van der Waals surface area contributed by atoms with Gasteiger partial charge in [-0.05, 0) is 56.8 Å². The SMILES string of the molecule is c1ccc(C2=NC(c3cccc(-c4cccc(-c5ccc6c7ccccc7c7[nH]cnc7c6c5)c4)c3)NC(c3ccccc3)=N2)cc1. The summed E-state index contributed by atoms with van der Waals surface area (Å²) in [6.07, 6.45) is 1.51. The highest BCUT2D eigenvalue weighted by atomic mass is 15.2. The third-order valence-corrected chi connectivity index (χ3v) is 8.95. The van der Waals surface area contributed by atoms with Gasteiger partial charge >= 0.3 is 0 Å². The van der Waals surface area contributed by atoms with Crippen molar-refractivity contribution in [1.82, 2.24) is 15.3 Å². The Morgan fingerprint density at radius 1 is 0.468 bits per heavy atom. The van der Waals surface area contributed by atoms with Gasteiger partial charge in [0.25, 0.3) is 0 Å². The molecule has 0 amide bonds. The van der Waals surface area contributed by atoms with E-state index in [1.54, 1.807) is 6.33 Å². The molecule has 0 aliphatic carbocycles. The highest BCUT2D eigenvalue weighted by Gasteiger charge is 2.21. The Labute approximate surface area is 272 Å². The van der Waals surface area contributed by atoms with Crippen LogP contribution < -0.4 is 5.32 Å². The smallest absolute Gasteiger partial charge is 0.159 e. The molecule has 1 aromatic heterocycles. The molecule has 8 aromatic rings. The fourth-order valence-corrected chi connectivity index (χ4v) is 6.64. The highest BCUT2D eigenvalue weighted by molar-refractivity contribution is 6.23. The number of nitrogens with one attached hydrogen (secondary N) is 2. The first-order valence-corrected chi connectivity index (χ1v) is 15.8. The van der Waals surface area contributed by atoms with Crippen LogP contribution in [0.2, 0.25) is 0 Å². The first-order valence-electron chi connectivity index (χ1n) is 15.8. The van der Waals surface area contributed by atoms with E-state index >= 15 is 0 Å². The van der Waals surface area contributed by atoms with E-state index in [1.165, 1.54) is 16.2 Å². The fourth-order valence-electron chi connectivity index (χ4n) is 6.64. The molecule has 5 nitrogen and oxygen atoms in total. The number of aromatic amines is 1. The summed E-state index contributed by atoms with van der Waals surface area (Å²) in [5.41, 5.74) is 9.76. The Balaban J connectivity index is 1.09. The molecule has 1 unspecified atom stereocenters. The minimum atomic E-state index is -0.285. The van der Waals surface area contributed by atoms with E-state index in [4.69, 9.17) is 15.0 Å². The summed E-state index contributed by atoms with van der Waals surface area (Å²) in [4.78, 5) is 18.1. The van der Waals surface area contributed by atoms with E-state index in [-0.39, 0.29) is 6.17 Å². The number of fused-ring (bicyclic) bond motifs is 6. The zero-order chi connectivity index (χ0) is 31.2. The summed E-state index contributed by atoms with van der Waals surface area (Å²) in [5, 5.41) is 8.38. The number of aromatic nitrogens is 2. The number of nitrogens with zero attached hydrogens (tertiary/aromatic N) is 3. The lowest BCUT2D eigenvalue weighted by Crippen LogP contribution is -2.33. The van der Waals surface area contributed by atoms with Crippen LogP contribution in [0.25, 0.3) is 54.8 Å². The first kappa shape index (κ1) is 27.0. The molecular formula is C42H29N5. The summed E-state index contributed by atoms with van der Waals surface area (Å²) in [7, 11) is 0. The minimum absolute atomic E-state index is 0.285. The van der Waals surface area contributed by atoms with Gasteiger partial charge in [-0.15, -0.1) is 0 Å². The molecule has 1 atom stereocenters. The molecule has 0 radical (unpaired) electrons. The zero-order valence-electron chi connectivity index (χ0n) is 25.4. The van der Waals surface area contributed by atoms with Crippen LogP contribution >= 0.6 is 0 Å². The molecule has 47 heavy (non-hydrogen) atoms. The van der Waals surface area contributed by atoms with Gasteiger partial charge in [-0.25, -0.2) is 15.0 Å². The van der Waals surface area contributed by atoms with Gasteiger partial charge in [0.2, 0.25) is 0 Å². The van der Waals surface area contributed by atoms with Crippen molar-refractivity contribution in [2.24, 2.45) is 9.98 Å². The number of hydrogen-bond acceptors (Lipinski definition) is 4. The predicted octanol–water partition coefficient (Wildman–Crippen LogP) is 9.70. The van der Waals surface area contributed by atoms with Crippen LogP contribution in [-0.2, 0) is 0 Å². The molecule has 0 bridgehead atoms. The molecule has 9 rings (SSSR count). The maximum Gasteiger partial charge on any atom is 0.159 e. The van der Waals surface area contributed by atoms with Gasteiger partial charge in [-0.1, -0.05) is 133 Å². The molecule has 222 valence electrons. The number of benzene rings is 7. The molecule has 5 heteroatoms. The molecule has 2 N–H and O–H groups in total. The van der Waals surface area contributed by atoms with Crippen molar-refractivity contribution >= 4 is 44.2 Å². The molecule has 7 aromatic carbocycles. The van der Waals surface area contributed by atoms with Crippen LogP contribution in [0.1, 0.15) is 22.9 Å². The van der Waals surface area contributed by atoms with Gasteiger partial charge in [-0.2, -0.15) is 0 Å². The van der Waals surface area contributed by atoms with Crippen LogP contribution in [0.5, 0.6) is 0 Å². The van der Waals surface area contributed by atoms with Crippen molar-refractivity contribution in [3.63, 3.8) is 0 Å². The van der Waals surface area contributed by atoms with E-state index in [0.29, 0.717) is 0 Å². The van der Waals surface area contributed by atoms with Gasteiger partial charge in [-0.3, -0.25) is 0 Å². The molecule has 1 aliphatic rings. The molecule has 0 saturated heterocycles. The van der Waals surface area contributed by atoms with E-state index < -0.39 is 0 Å². The van der Waals surface area contributed by atoms with Crippen molar-refractivity contribution in [3.05, 3.63) is 175 Å². The summed E-state index contributed by atoms with van der Waals surface area (Å²) in [6.45, 7) is 0. The third kappa shape index (κ3) is 4.86. The maximum absolute atomic E-state index is 5.08. The van der Waals surface area contributed by atoms with Gasteiger partial charge in [0.15, 0.2) is 5.84 Å². The average Bonchev–Trinajstić information content (AvgIpc) is 3.66. The van der Waals surface area contributed by atoms with Crippen molar-refractivity contribution in [3.8, 4) is 22.3 Å². The molecule has 2 heterocycles. The van der Waals surface area contributed by atoms with Gasteiger partial charge < -0.3 is 10.3 Å². The first-order chi connectivity index (χ1) is 23.3. The Hall–Kier alpha value is -6.33. The summed E-state index contributed by atoms with van der Waals surface area (Å²) >= 11 is 0. The normalized spacial score (nSPS) is 14.6. The largest absolute Gasteiger partial charge is 0.344 e. The lowest BCUT2D eigenvalue weighted by molar-refractivity contribution is 0.674. The van der Waals surface area contributed by atoms with E-state index in [0.717, 1.165) is 67.0 Å². The van der Waals surface area contributed by atoms with Gasteiger partial charge in [0.1, 0.15) is 12.0 Å². The second kappa shape index (κ2) is 11.2. The average molecular weight is 604 g/mol. The van der Waals surface area contributed by atoms with Crippen molar-refractivity contribution in [1.29, 1.82) is 0 Å². The number of hydrogen-bond donors (Lipinski definition) is 2. The number of H-pyrrole nitrogens is 1. The third-order valence-electron chi connectivity index (χ3n) is 8.95. The van der Waals surface area contributed by atoms with E-state index in [1.807, 2.05) is 36.4 Å². The summed E-state index contributed by atoms with van der Waals surface area (Å²) in [6, 6.07) is 53.1. The van der Waals surface area contributed by atoms with Crippen LogP contribution in [0.15, 0.2) is 168 Å². The van der Waals surface area contributed by atoms with Crippen LogP contribution in [0, 0.1) is 0 Å². The second-order valence-electron chi connectivity index (χ2n) is 11.8. The molecule has 0 fully saturated rings. The molecule has 0 saturated carbocycles. The highest BCUT2D eigenvalue weighted by Crippen LogP contribution is 2.36. The summed E-state index contributed by atoms with van der Waals surface area (Å²) in [5.74, 6) is 1.53. The molecular weight excluding hydrogens is 574 g/mol. The fraction of sp³-hybridized carbons (Fsp3) is 0.0238. The van der Waals surface area contributed by atoms with E-state index in [2.05, 4.69) is 126 Å². The standard InChI is InChI=1S/C42H29N5/c1-3-11-27(12-4-1)40-45-41(28-13-5-2-6-14-28)47-42(46-40)33-18-10-17-31(24-33)29-15-9-16-30(23-29)32-21-22-35-34-19-7-8-20-36(34)38-39(37(35)25-32)44-26-43-38/h1-26,42H,(H,43,44)(H,45,46,47). The van der Waals surface area contributed by atoms with Gasteiger partial charge in [0.05, 0.1) is 17.4 Å². The Bertz CT molecular complexity index is 2490. The Kier molecular flexibility index (Phi) is 6.46. The number of amidine groups is 2. The second-order valence-corrected chi connectivity index (χ2v) is 11.8. The summed E-state index contributed by atoms with van der Waals surface area (Å²) < 4.78 is 0. The van der Waals surface area contributed by atoms with Gasteiger partial charge in [0, 0.05) is 21.9 Å². The molecule has 1 aliphatic heterocycles. The monoisotopic (exact) mass is 603 g/mol. The van der Waals surface area contributed by atoms with Crippen LogP contribution in [0.3, 0.4) is 0 Å². The lowest BCUT2D eigenvalue weighted by atomic mass is 9.94. The zero-order valence-corrected chi connectivity index (χ0v) is 25.4. The van der Waals surface area contributed by atoms with Crippen molar-refractivity contribution in [2.75, 3.05) is 0 Å². The Morgan fingerprint density at radius 2 is 1.09 bits per heavy atom. The molecule has 0 spiro atoms.